The topological polar surface area (TPSA) is 77.5 Å². The summed E-state index contributed by atoms with van der Waals surface area (Å²) in [6.07, 6.45) is 0.490. The summed E-state index contributed by atoms with van der Waals surface area (Å²) in [6.45, 7) is 6.69. The third-order valence-electron chi connectivity index (χ3n) is 7.51. The zero-order valence-corrected chi connectivity index (χ0v) is 19.5. The maximum atomic E-state index is 14.2. The maximum Gasteiger partial charge on any atom is 0.229 e. The SMILES string of the molecule is CCC(C)CN=C(NC(=O)C1CCC(F)C(F)C1)NC1CC(C2CCC(C)C(F)C2)NN1. The molecule has 1 heterocycles. The first-order valence-corrected chi connectivity index (χ1v) is 12.3. The van der Waals surface area contributed by atoms with Crippen LogP contribution in [-0.2, 0) is 4.79 Å². The molecule has 0 aromatic carbocycles. The minimum Gasteiger partial charge on any atom is -0.339 e. The number of carbonyl (C=O) groups is 1. The summed E-state index contributed by atoms with van der Waals surface area (Å²) in [7, 11) is 0. The van der Waals surface area contributed by atoms with Crippen molar-refractivity contribution in [2.45, 2.75) is 103 Å². The van der Waals surface area contributed by atoms with Crippen LogP contribution in [0.2, 0.25) is 0 Å². The summed E-state index contributed by atoms with van der Waals surface area (Å²) in [5.74, 6) is 0.232. The molecule has 6 nitrogen and oxygen atoms in total. The molecule has 0 aromatic rings. The Bertz CT molecular complexity index is 651. The Morgan fingerprint density at radius 3 is 2.50 bits per heavy atom. The van der Waals surface area contributed by atoms with E-state index in [0.29, 0.717) is 31.3 Å². The molecule has 1 aliphatic heterocycles. The van der Waals surface area contributed by atoms with Gasteiger partial charge in [-0.05, 0) is 62.7 Å². The van der Waals surface area contributed by atoms with Gasteiger partial charge >= 0.3 is 0 Å². The normalized spacial score (nSPS) is 39.5. The molecule has 0 aromatic heterocycles. The van der Waals surface area contributed by atoms with E-state index >= 15 is 0 Å². The number of hydrogen-bond donors (Lipinski definition) is 4. The molecule has 0 bridgehead atoms. The van der Waals surface area contributed by atoms with Crippen LogP contribution in [0.4, 0.5) is 13.2 Å². The second kappa shape index (κ2) is 11.7. The maximum absolute atomic E-state index is 14.2. The first-order valence-electron chi connectivity index (χ1n) is 12.3. The van der Waals surface area contributed by atoms with Gasteiger partial charge in [0.25, 0.3) is 0 Å². The van der Waals surface area contributed by atoms with Crippen molar-refractivity contribution >= 4 is 11.9 Å². The van der Waals surface area contributed by atoms with Crippen LogP contribution in [-0.4, -0.2) is 49.1 Å². The number of nitrogens with one attached hydrogen (secondary N) is 4. The Morgan fingerprint density at radius 1 is 1.03 bits per heavy atom. The van der Waals surface area contributed by atoms with E-state index in [1.54, 1.807) is 0 Å². The lowest BCUT2D eigenvalue weighted by atomic mass is 9.77. The number of alkyl halides is 3. The highest BCUT2D eigenvalue weighted by Crippen LogP contribution is 2.34. The Hall–Kier alpha value is -1.35. The Labute approximate surface area is 189 Å². The van der Waals surface area contributed by atoms with Crippen molar-refractivity contribution in [3.05, 3.63) is 0 Å². The molecule has 1 saturated heterocycles. The zero-order chi connectivity index (χ0) is 23.3. The van der Waals surface area contributed by atoms with E-state index in [2.05, 4.69) is 40.3 Å². The summed E-state index contributed by atoms with van der Waals surface area (Å²) in [6, 6.07) is 0.150. The van der Waals surface area contributed by atoms with Crippen molar-refractivity contribution in [1.29, 1.82) is 0 Å². The fourth-order valence-electron chi connectivity index (χ4n) is 4.85. The van der Waals surface area contributed by atoms with Gasteiger partial charge in [-0.1, -0.05) is 27.2 Å². The van der Waals surface area contributed by atoms with Crippen molar-refractivity contribution in [1.82, 2.24) is 21.5 Å². The number of guanidine groups is 1. The van der Waals surface area contributed by atoms with Crippen molar-refractivity contribution in [2.75, 3.05) is 6.54 Å². The third-order valence-corrected chi connectivity index (χ3v) is 7.51. The number of amides is 1. The molecule has 2 saturated carbocycles. The van der Waals surface area contributed by atoms with Gasteiger partial charge in [-0.25, -0.2) is 18.6 Å². The highest BCUT2D eigenvalue weighted by molar-refractivity contribution is 5.98. The summed E-state index contributed by atoms with van der Waals surface area (Å²) in [5.41, 5.74) is 6.48. The van der Waals surface area contributed by atoms with Gasteiger partial charge in [0.1, 0.15) is 18.5 Å². The van der Waals surface area contributed by atoms with E-state index in [4.69, 9.17) is 0 Å². The van der Waals surface area contributed by atoms with Gasteiger partial charge in [0.05, 0.1) is 6.17 Å². The molecule has 3 fully saturated rings. The Morgan fingerprint density at radius 2 is 1.81 bits per heavy atom. The van der Waals surface area contributed by atoms with Crippen molar-refractivity contribution in [2.24, 2.45) is 28.7 Å². The van der Waals surface area contributed by atoms with Crippen LogP contribution in [0, 0.1) is 23.7 Å². The minimum atomic E-state index is -1.59. The molecule has 9 unspecified atom stereocenters. The zero-order valence-electron chi connectivity index (χ0n) is 19.5. The van der Waals surface area contributed by atoms with Crippen LogP contribution < -0.4 is 21.5 Å². The van der Waals surface area contributed by atoms with E-state index in [1.165, 1.54) is 0 Å². The quantitative estimate of drug-likeness (QED) is 0.362. The number of halogens is 3. The van der Waals surface area contributed by atoms with Crippen LogP contribution in [0.25, 0.3) is 0 Å². The predicted molar refractivity (Wildman–Crippen MR) is 120 cm³/mol. The smallest absolute Gasteiger partial charge is 0.229 e. The number of hydrogen-bond acceptors (Lipinski definition) is 4. The van der Waals surface area contributed by atoms with Crippen molar-refractivity contribution < 1.29 is 18.0 Å². The van der Waals surface area contributed by atoms with Gasteiger partial charge in [0, 0.05) is 18.5 Å². The van der Waals surface area contributed by atoms with Crippen LogP contribution in [0.15, 0.2) is 4.99 Å². The van der Waals surface area contributed by atoms with E-state index in [9.17, 15) is 18.0 Å². The predicted octanol–water partition coefficient (Wildman–Crippen LogP) is 3.54. The molecular weight excluding hydrogens is 419 g/mol. The standard InChI is InChI=1S/C23H40F3N5O/c1-4-13(2)12-27-23(29-22(32)16-7-8-17(24)19(26)10-16)28-21-11-20(30-31-21)15-6-5-14(3)18(25)9-15/h13-21,30-31H,4-12H2,1-3H3,(H2,27,28,29,32). The van der Waals surface area contributed by atoms with Crippen LogP contribution in [0.5, 0.6) is 0 Å². The lowest BCUT2D eigenvalue weighted by molar-refractivity contribution is -0.125. The monoisotopic (exact) mass is 459 g/mol. The number of aliphatic imine (C=N–C) groups is 1. The van der Waals surface area contributed by atoms with E-state index in [1.807, 2.05) is 6.92 Å². The Kier molecular flexibility index (Phi) is 9.22. The third kappa shape index (κ3) is 6.83. The molecule has 3 aliphatic rings. The summed E-state index contributed by atoms with van der Waals surface area (Å²) in [4.78, 5) is 17.3. The second-order valence-electron chi connectivity index (χ2n) is 10.1. The van der Waals surface area contributed by atoms with Gasteiger partial charge < -0.3 is 5.32 Å². The molecule has 0 radical (unpaired) electrons. The highest BCUT2D eigenvalue weighted by atomic mass is 19.2. The molecule has 184 valence electrons. The van der Waals surface area contributed by atoms with Crippen LogP contribution >= 0.6 is 0 Å². The first-order chi connectivity index (χ1) is 15.3. The molecule has 32 heavy (non-hydrogen) atoms. The molecule has 9 atom stereocenters. The van der Waals surface area contributed by atoms with Gasteiger partial charge in [-0.3, -0.25) is 20.5 Å². The van der Waals surface area contributed by atoms with Gasteiger partial charge in [0.2, 0.25) is 5.91 Å². The molecule has 3 rings (SSSR count). The number of nitrogens with zero attached hydrogens (tertiary/aromatic N) is 1. The fraction of sp³-hybridized carbons (Fsp3) is 0.913. The van der Waals surface area contributed by atoms with Crippen molar-refractivity contribution in [3.8, 4) is 0 Å². The van der Waals surface area contributed by atoms with E-state index < -0.39 is 24.4 Å². The van der Waals surface area contributed by atoms with E-state index in [-0.39, 0.29) is 42.8 Å². The van der Waals surface area contributed by atoms with Crippen LogP contribution in [0.1, 0.15) is 72.1 Å². The summed E-state index contributed by atoms with van der Waals surface area (Å²) >= 11 is 0. The number of carbonyl (C=O) groups excluding carboxylic acids is 1. The van der Waals surface area contributed by atoms with Gasteiger partial charge in [0.15, 0.2) is 5.96 Å². The largest absolute Gasteiger partial charge is 0.339 e. The van der Waals surface area contributed by atoms with Crippen molar-refractivity contribution in [3.63, 3.8) is 0 Å². The average molecular weight is 460 g/mol. The first kappa shape index (κ1) is 25.3. The van der Waals surface area contributed by atoms with Gasteiger partial charge in [-0.2, -0.15) is 0 Å². The summed E-state index contributed by atoms with van der Waals surface area (Å²) in [5, 5.41) is 6.08. The second-order valence-corrected chi connectivity index (χ2v) is 10.1. The number of hydrazine groups is 1. The molecular formula is C23H40F3N5O. The number of rotatable bonds is 6. The van der Waals surface area contributed by atoms with E-state index in [0.717, 1.165) is 25.7 Å². The molecule has 9 heteroatoms. The average Bonchev–Trinajstić information content (AvgIpc) is 3.24. The fourth-order valence-corrected chi connectivity index (χ4v) is 4.85. The van der Waals surface area contributed by atoms with Crippen LogP contribution in [0.3, 0.4) is 0 Å². The minimum absolute atomic E-state index is 0.0668. The molecule has 4 N–H and O–H groups in total. The summed E-state index contributed by atoms with van der Waals surface area (Å²) < 4.78 is 41.4. The lowest BCUT2D eigenvalue weighted by Gasteiger charge is -2.32. The highest BCUT2D eigenvalue weighted by Gasteiger charge is 2.37. The molecule has 1 amide bonds. The van der Waals surface area contributed by atoms with Gasteiger partial charge in [-0.15, -0.1) is 0 Å². The molecule has 2 aliphatic carbocycles. The lowest BCUT2D eigenvalue weighted by Crippen LogP contribution is -2.52. The molecule has 0 spiro atoms. The Balaban J connectivity index is 1.56.